The van der Waals surface area contributed by atoms with Crippen LogP contribution in [0.3, 0.4) is 0 Å². The average molecular weight is 270 g/mol. The topological polar surface area (TPSA) is 67.7 Å². The van der Waals surface area contributed by atoms with Gasteiger partial charge in [0.05, 0.1) is 12.2 Å². The van der Waals surface area contributed by atoms with Crippen molar-refractivity contribution >= 4 is 5.84 Å². The zero-order chi connectivity index (χ0) is 14.9. The van der Waals surface area contributed by atoms with Gasteiger partial charge in [-0.15, -0.1) is 0 Å². The molecule has 0 aliphatic carbocycles. The van der Waals surface area contributed by atoms with Crippen molar-refractivity contribution in [2.24, 2.45) is 5.73 Å². The molecule has 4 nitrogen and oxygen atoms in total. The minimum absolute atomic E-state index is 0.110. The quantitative estimate of drug-likeness (QED) is 0.662. The Morgan fingerprint density at radius 2 is 2.00 bits per heavy atom. The summed E-state index contributed by atoms with van der Waals surface area (Å²) in [4.78, 5) is 0. The molecule has 1 aromatic carbocycles. The normalized spacial score (nSPS) is 10.8. The molecule has 0 spiro atoms. The van der Waals surface area contributed by atoms with Gasteiger partial charge in [-0.05, 0) is 49.9 Å². The molecule has 0 aliphatic rings. The zero-order valence-electron chi connectivity index (χ0n) is 12.6. The lowest BCUT2D eigenvalue weighted by atomic mass is 10.0. The van der Waals surface area contributed by atoms with Crippen LogP contribution in [0.5, 0.6) is 0 Å². The van der Waals surface area contributed by atoms with Crippen molar-refractivity contribution in [3.63, 3.8) is 0 Å². The monoisotopic (exact) mass is 270 g/mol. The number of rotatable bonds is 4. The van der Waals surface area contributed by atoms with Gasteiger partial charge in [0.1, 0.15) is 5.84 Å². The Labute approximate surface area is 120 Å². The minimum atomic E-state index is 0.110. The van der Waals surface area contributed by atoms with Crippen LogP contribution < -0.4 is 5.73 Å². The second-order valence-corrected chi connectivity index (χ2v) is 5.22. The number of hydrogen-bond donors (Lipinski definition) is 2. The number of nitrogens with zero attached hydrogens (tertiary/aromatic N) is 2. The van der Waals surface area contributed by atoms with Gasteiger partial charge >= 0.3 is 0 Å². The second kappa shape index (κ2) is 5.49. The first-order chi connectivity index (χ1) is 9.43. The van der Waals surface area contributed by atoms with Crippen molar-refractivity contribution < 1.29 is 0 Å². The molecule has 0 radical (unpaired) electrons. The molecule has 0 amide bonds. The van der Waals surface area contributed by atoms with Gasteiger partial charge in [0.2, 0.25) is 0 Å². The van der Waals surface area contributed by atoms with E-state index < -0.39 is 0 Å². The molecule has 0 saturated carbocycles. The van der Waals surface area contributed by atoms with Gasteiger partial charge in [-0.3, -0.25) is 10.1 Å². The number of nitrogen functional groups attached to an aromatic ring is 1. The maximum Gasteiger partial charge on any atom is 0.122 e. The van der Waals surface area contributed by atoms with Crippen molar-refractivity contribution in [3.8, 4) is 0 Å². The van der Waals surface area contributed by atoms with Crippen LogP contribution in [0.4, 0.5) is 0 Å². The Bertz CT molecular complexity index is 653. The fourth-order valence-electron chi connectivity index (χ4n) is 2.60. The van der Waals surface area contributed by atoms with E-state index in [1.807, 2.05) is 25.1 Å². The van der Waals surface area contributed by atoms with Crippen LogP contribution in [-0.2, 0) is 13.0 Å². The zero-order valence-corrected chi connectivity index (χ0v) is 12.6. The minimum Gasteiger partial charge on any atom is -0.384 e. The van der Waals surface area contributed by atoms with Crippen LogP contribution in [0.15, 0.2) is 18.2 Å². The van der Waals surface area contributed by atoms with Crippen LogP contribution in [0.25, 0.3) is 0 Å². The predicted octanol–water partition coefficient (Wildman–Crippen LogP) is 2.70. The molecule has 1 aromatic heterocycles. The predicted molar refractivity (Wildman–Crippen MR) is 82.4 cm³/mol. The third-order valence-electron chi connectivity index (χ3n) is 3.86. The third kappa shape index (κ3) is 2.59. The van der Waals surface area contributed by atoms with Gasteiger partial charge in [0, 0.05) is 11.3 Å². The Hall–Kier alpha value is -2.10. The highest BCUT2D eigenvalue weighted by Gasteiger charge is 2.11. The molecule has 3 N–H and O–H groups in total. The number of hydrogen-bond acceptors (Lipinski definition) is 2. The van der Waals surface area contributed by atoms with Crippen LogP contribution in [-0.4, -0.2) is 15.6 Å². The Morgan fingerprint density at radius 3 is 2.50 bits per heavy atom. The van der Waals surface area contributed by atoms with E-state index in [4.69, 9.17) is 11.1 Å². The summed E-state index contributed by atoms with van der Waals surface area (Å²) in [7, 11) is 0. The van der Waals surface area contributed by atoms with Gasteiger partial charge < -0.3 is 5.73 Å². The summed E-state index contributed by atoms with van der Waals surface area (Å²) in [5.41, 5.74) is 12.3. The molecule has 2 rings (SSSR count). The van der Waals surface area contributed by atoms with E-state index in [2.05, 4.69) is 30.6 Å². The summed E-state index contributed by atoms with van der Waals surface area (Å²) in [5, 5.41) is 12.1. The fourth-order valence-corrected chi connectivity index (χ4v) is 2.60. The number of amidine groups is 1. The van der Waals surface area contributed by atoms with Crippen molar-refractivity contribution in [1.29, 1.82) is 5.41 Å². The maximum absolute atomic E-state index is 7.47. The van der Waals surface area contributed by atoms with E-state index in [-0.39, 0.29) is 5.84 Å². The first-order valence-electron chi connectivity index (χ1n) is 6.90. The van der Waals surface area contributed by atoms with Gasteiger partial charge in [0.25, 0.3) is 0 Å². The molecule has 0 saturated heterocycles. The van der Waals surface area contributed by atoms with E-state index in [9.17, 15) is 0 Å². The van der Waals surface area contributed by atoms with Crippen molar-refractivity contribution in [1.82, 2.24) is 9.78 Å². The van der Waals surface area contributed by atoms with E-state index >= 15 is 0 Å². The van der Waals surface area contributed by atoms with Crippen LogP contribution in [0.2, 0.25) is 0 Å². The number of aryl methyl sites for hydroxylation is 2. The molecular weight excluding hydrogens is 248 g/mol. The molecule has 1 heterocycles. The summed E-state index contributed by atoms with van der Waals surface area (Å²) >= 11 is 0. The Kier molecular flexibility index (Phi) is 3.93. The van der Waals surface area contributed by atoms with Crippen LogP contribution in [0.1, 0.15) is 40.6 Å². The second-order valence-electron chi connectivity index (χ2n) is 5.22. The molecule has 4 heteroatoms. The summed E-state index contributed by atoms with van der Waals surface area (Å²) < 4.78 is 2.06. The van der Waals surface area contributed by atoms with Crippen LogP contribution in [0, 0.1) is 26.2 Å². The number of nitrogens with one attached hydrogen (secondary N) is 1. The highest BCUT2D eigenvalue weighted by molar-refractivity contribution is 5.95. The van der Waals surface area contributed by atoms with Gasteiger partial charge in [0.15, 0.2) is 0 Å². The SMILES string of the molecule is CCc1c(C)nn(Cc2ccc(C(=N)N)cc2C)c1C. The highest BCUT2D eigenvalue weighted by atomic mass is 15.3. The molecular formula is C16H22N4. The molecule has 106 valence electrons. The molecule has 0 bridgehead atoms. The van der Waals surface area contributed by atoms with Gasteiger partial charge in [-0.1, -0.05) is 19.1 Å². The number of benzene rings is 1. The van der Waals surface area contributed by atoms with Crippen molar-refractivity contribution in [3.05, 3.63) is 51.8 Å². The van der Waals surface area contributed by atoms with Gasteiger partial charge in [-0.2, -0.15) is 5.10 Å². The smallest absolute Gasteiger partial charge is 0.122 e. The van der Waals surface area contributed by atoms with E-state index in [1.165, 1.54) is 16.8 Å². The first-order valence-corrected chi connectivity index (χ1v) is 6.90. The van der Waals surface area contributed by atoms with Crippen LogP contribution >= 0.6 is 0 Å². The summed E-state index contributed by atoms with van der Waals surface area (Å²) in [5.74, 6) is 0.110. The van der Waals surface area contributed by atoms with E-state index in [1.54, 1.807) is 0 Å². The fraction of sp³-hybridized carbons (Fsp3) is 0.375. The largest absolute Gasteiger partial charge is 0.384 e. The number of nitrogens with two attached hydrogens (primary N) is 1. The molecule has 0 aliphatic heterocycles. The van der Waals surface area contributed by atoms with Crippen molar-refractivity contribution in [2.75, 3.05) is 0 Å². The summed E-state index contributed by atoms with van der Waals surface area (Å²) in [6.07, 6.45) is 1.01. The van der Waals surface area contributed by atoms with Gasteiger partial charge in [-0.25, -0.2) is 0 Å². The summed E-state index contributed by atoms with van der Waals surface area (Å²) in [6, 6.07) is 5.90. The molecule has 0 atom stereocenters. The highest BCUT2D eigenvalue weighted by Crippen LogP contribution is 2.17. The Balaban J connectivity index is 2.33. The molecule has 0 fully saturated rings. The molecule has 20 heavy (non-hydrogen) atoms. The first kappa shape index (κ1) is 14.3. The summed E-state index contributed by atoms with van der Waals surface area (Å²) in [6.45, 7) is 9.16. The molecule has 2 aromatic rings. The maximum atomic E-state index is 7.47. The van der Waals surface area contributed by atoms with E-state index in [0.29, 0.717) is 0 Å². The third-order valence-corrected chi connectivity index (χ3v) is 3.86. The number of aromatic nitrogens is 2. The average Bonchev–Trinajstić information content (AvgIpc) is 2.66. The van der Waals surface area contributed by atoms with Crippen molar-refractivity contribution in [2.45, 2.75) is 40.7 Å². The standard InChI is InChI=1S/C16H22N4/c1-5-15-11(3)19-20(12(15)4)9-14-7-6-13(16(17)18)8-10(14)2/h6-8H,5,9H2,1-4H3,(H3,17,18). The lowest BCUT2D eigenvalue weighted by molar-refractivity contribution is 0.655. The lowest BCUT2D eigenvalue weighted by Gasteiger charge is -2.10. The Morgan fingerprint density at radius 1 is 1.30 bits per heavy atom. The molecule has 0 unspecified atom stereocenters. The van der Waals surface area contributed by atoms with E-state index in [0.717, 1.165) is 29.8 Å². The lowest BCUT2D eigenvalue weighted by Crippen LogP contribution is -2.12.